The molecule has 28 heavy (non-hydrogen) atoms. The van der Waals surface area contributed by atoms with Gasteiger partial charge in [0.05, 0.1) is 0 Å². The van der Waals surface area contributed by atoms with Crippen LogP contribution in [0.15, 0.2) is 48.5 Å². The van der Waals surface area contributed by atoms with Crippen molar-refractivity contribution in [2.24, 2.45) is 0 Å². The van der Waals surface area contributed by atoms with E-state index in [0.717, 1.165) is 11.1 Å². The Morgan fingerprint density at radius 3 is 1.61 bits per heavy atom. The average Bonchev–Trinajstić information content (AvgIpc) is 2.63. The third kappa shape index (κ3) is 5.18. The highest BCUT2D eigenvalue weighted by Crippen LogP contribution is 2.36. The number of benzene rings is 2. The summed E-state index contributed by atoms with van der Waals surface area (Å²) in [6.45, 7) is 0. The zero-order valence-corrected chi connectivity index (χ0v) is 14.5. The predicted molar refractivity (Wildman–Crippen MR) is 93.4 cm³/mol. The molecule has 5 nitrogen and oxygen atoms in total. The van der Waals surface area contributed by atoms with Gasteiger partial charge in [0, 0.05) is 18.4 Å². The number of carbonyl (C=O) groups is 2. The second kappa shape index (κ2) is 8.24. The highest BCUT2D eigenvalue weighted by atomic mass is 19.4. The van der Waals surface area contributed by atoms with Crippen LogP contribution in [0, 0.1) is 0 Å². The fraction of sp³-hybridized carbons (Fsp3) is 0.222. The van der Waals surface area contributed by atoms with Crippen molar-refractivity contribution in [3.63, 3.8) is 0 Å². The molecule has 0 spiro atoms. The van der Waals surface area contributed by atoms with Crippen LogP contribution in [0.5, 0.6) is 0 Å². The second-order valence-electron chi connectivity index (χ2n) is 5.80. The molecular formula is C18H16F5N3O2. The molecule has 0 saturated carbocycles. The number of carbonyl (C=O) groups excluding carboxylic acids is 2. The van der Waals surface area contributed by atoms with Crippen LogP contribution in [0.3, 0.4) is 0 Å². The molecule has 0 aromatic heterocycles. The molecule has 0 aliphatic rings. The summed E-state index contributed by atoms with van der Waals surface area (Å²) in [5.41, 5.74) is 2.03. The first-order valence-electron chi connectivity index (χ1n) is 7.95. The Morgan fingerprint density at radius 1 is 0.786 bits per heavy atom. The maximum absolute atomic E-state index is 12.9. The summed E-state index contributed by atoms with van der Waals surface area (Å²) in [5, 5.41) is 6.57. The standard InChI is InChI=1S/C18H16F5N3O2/c1-24-16(28)26-14-8-4-12(5-9-14)10-11-2-6-13(7-3-11)25-15(27)17(19,20)18(21,22)23/h2-9H,10H2,1H3,(H,25,27)(H2,24,26,28). The van der Waals surface area contributed by atoms with Crippen molar-refractivity contribution in [3.8, 4) is 0 Å². The molecule has 0 saturated heterocycles. The van der Waals surface area contributed by atoms with Crippen molar-refractivity contribution in [1.82, 2.24) is 5.32 Å². The molecule has 0 bridgehead atoms. The summed E-state index contributed by atoms with van der Waals surface area (Å²) >= 11 is 0. The van der Waals surface area contributed by atoms with Crippen LogP contribution in [0.2, 0.25) is 0 Å². The summed E-state index contributed by atoms with van der Waals surface area (Å²) in [5.74, 6) is -7.91. The number of amides is 3. The molecule has 2 rings (SSSR count). The molecule has 3 N–H and O–H groups in total. The van der Waals surface area contributed by atoms with Gasteiger partial charge in [-0.25, -0.2) is 4.79 Å². The number of alkyl halides is 5. The molecule has 2 aromatic carbocycles. The summed E-state index contributed by atoms with van der Waals surface area (Å²) < 4.78 is 62.4. The first kappa shape index (κ1) is 21.1. The molecule has 0 aliphatic carbocycles. The number of hydrogen-bond donors (Lipinski definition) is 3. The van der Waals surface area contributed by atoms with Gasteiger partial charge in [0.1, 0.15) is 0 Å². The van der Waals surface area contributed by atoms with E-state index in [1.807, 2.05) is 0 Å². The van der Waals surface area contributed by atoms with Crippen LogP contribution in [0.25, 0.3) is 0 Å². The lowest BCUT2D eigenvalue weighted by atomic mass is 10.0. The maximum Gasteiger partial charge on any atom is 0.463 e. The molecule has 150 valence electrons. The Kier molecular flexibility index (Phi) is 6.22. The van der Waals surface area contributed by atoms with Crippen molar-refractivity contribution in [1.29, 1.82) is 0 Å². The summed E-state index contributed by atoms with van der Waals surface area (Å²) in [6.07, 6.45) is -5.51. The monoisotopic (exact) mass is 401 g/mol. The lowest BCUT2D eigenvalue weighted by Gasteiger charge is -2.18. The number of anilines is 2. The van der Waals surface area contributed by atoms with E-state index < -0.39 is 18.0 Å². The fourth-order valence-corrected chi connectivity index (χ4v) is 2.18. The molecule has 0 atom stereocenters. The summed E-state index contributed by atoms with van der Waals surface area (Å²) in [7, 11) is 1.49. The quantitative estimate of drug-likeness (QED) is 0.659. The maximum atomic E-state index is 12.9. The Hall–Kier alpha value is -3.17. The highest BCUT2D eigenvalue weighted by molar-refractivity contribution is 5.96. The van der Waals surface area contributed by atoms with Gasteiger partial charge in [-0.2, -0.15) is 22.0 Å². The van der Waals surface area contributed by atoms with Crippen molar-refractivity contribution in [2.45, 2.75) is 18.5 Å². The molecule has 10 heteroatoms. The number of hydrogen-bond acceptors (Lipinski definition) is 2. The zero-order valence-electron chi connectivity index (χ0n) is 14.5. The topological polar surface area (TPSA) is 70.2 Å². The lowest BCUT2D eigenvalue weighted by Crippen LogP contribution is -2.47. The molecule has 0 fully saturated rings. The first-order valence-corrected chi connectivity index (χ1v) is 7.95. The minimum absolute atomic E-state index is 0.178. The molecule has 3 amide bonds. The van der Waals surface area contributed by atoms with Crippen molar-refractivity contribution < 1.29 is 31.5 Å². The molecule has 0 heterocycles. The Labute approximate surface area is 156 Å². The van der Waals surface area contributed by atoms with Crippen LogP contribution in [0.4, 0.5) is 38.1 Å². The number of nitrogens with one attached hydrogen (secondary N) is 3. The molecule has 0 unspecified atom stereocenters. The van der Waals surface area contributed by atoms with Gasteiger partial charge in [0.25, 0.3) is 0 Å². The van der Waals surface area contributed by atoms with Gasteiger partial charge in [-0.3, -0.25) is 4.79 Å². The number of rotatable bonds is 5. The largest absolute Gasteiger partial charge is 0.463 e. The zero-order chi connectivity index (χ0) is 20.9. The second-order valence-corrected chi connectivity index (χ2v) is 5.80. The van der Waals surface area contributed by atoms with Crippen molar-refractivity contribution in [3.05, 3.63) is 59.7 Å². The van der Waals surface area contributed by atoms with Gasteiger partial charge in [-0.15, -0.1) is 0 Å². The van der Waals surface area contributed by atoms with Gasteiger partial charge in [0.15, 0.2) is 0 Å². The predicted octanol–water partition coefficient (Wildman–Crippen LogP) is 4.16. The van der Waals surface area contributed by atoms with E-state index in [4.69, 9.17) is 0 Å². The first-order chi connectivity index (χ1) is 13.0. The van der Waals surface area contributed by atoms with E-state index in [2.05, 4.69) is 10.6 Å². The highest BCUT2D eigenvalue weighted by Gasteiger charge is 2.63. The van der Waals surface area contributed by atoms with Crippen LogP contribution in [-0.4, -0.2) is 31.1 Å². The normalized spacial score (nSPS) is 11.6. The summed E-state index contributed by atoms with van der Waals surface area (Å²) in [6, 6.07) is 12.0. The minimum atomic E-state index is -5.96. The van der Waals surface area contributed by atoms with Gasteiger partial charge in [0.2, 0.25) is 0 Å². The van der Waals surface area contributed by atoms with E-state index in [0.29, 0.717) is 12.1 Å². The Morgan fingerprint density at radius 2 is 1.21 bits per heavy atom. The SMILES string of the molecule is CNC(=O)Nc1ccc(Cc2ccc(NC(=O)C(F)(F)C(F)(F)F)cc2)cc1. The molecular weight excluding hydrogens is 385 g/mol. The van der Waals surface area contributed by atoms with Gasteiger partial charge in [-0.05, 0) is 41.8 Å². The number of urea groups is 1. The van der Waals surface area contributed by atoms with Gasteiger partial charge < -0.3 is 16.0 Å². The minimum Gasteiger partial charge on any atom is -0.341 e. The van der Waals surface area contributed by atoms with E-state index in [1.165, 1.54) is 31.3 Å². The van der Waals surface area contributed by atoms with Crippen molar-refractivity contribution in [2.75, 3.05) is 17.7 Å². The van der Waals surface area contributed by atoms with E-state index >= 15 is 0 Å². The van der Waals surface area contributed by atoms with Gasteiger partial charge in [-0.1, -0.05) is 24.3 Å². The van der Waals surface area contributed by atoms with E-state index in [1.54, 1.807) is 29.6 Å². The third-order valence-electron chi connectivity index (χ3n) is 3.70. The van der Waals surface area contributed by atoms with Crippen LogP contribution < -0.4 is 16.0 Å². The van der Waals surface area contributed by atoms with Crippen LogP contribution in [0.1, 0.15) is 11.1 Å². The van der Waals surface area contributed by atoms with Crippen molar-refractivity contribution >= 4 is 23.3 Å². The average molecular weight is 401 g/mol. The van der Waals surface area contributed by atoms with Gasteiger partial charge >= 0.3 is 24.0 Å². The fourth-order valence-electron chi connectivity index (χ4n) is 2.18. The van der Waals surface area contributed by atoms with Crippen LogP contribution in [-0.2, 0) is 11.2 Å². The third-order valence-corrected chi connectivity index (χ3v) is 3.70. The Bertz CT molecular complexity index is 834. The van der Waals surface area contributed by atoms with Crippen LogP contribution >= 0.6 is 0 Å². The molecule has 2 aromatic rings. The lowest BCUT2D eigenvalue weighted by molar-refractivity contribution is -0.267. The summed E-state index contributed by atoms with van der Waals surface area (Å²) in [4.78, 5) is 22.4. The van der Waals surface area contributed by atoms with E-state index in [-0.39, 0.29) is 11.7 Å². The molecule has 0 radical (unpaired) electrons. The smallest absolute Gasteiger partial charge is 0.341 e. The number of halogens is 5. The van der Waals surface area contributed by atoms with E-state index in [9.17, 15) is 31.5 Å². The Balaban J connectivity index is 1.99. The molecule has 0 aliphatic heterocycles.